The molecule has 5 nitrogen and oxygen atoms in total. The number of amides is 1. The molecule has 166 valence electrons. The van der Waals surface area contributed by atoms with E-state index in [1.165, 1.54) is 44.9 Å². The van der Waals surface area contributed by atoms with E-state index in [1.54, 1.807) is 0 Å². The van der Waals surface area contributed by atoms with Gasteiger partial charge < -0.3 is 14.8 Å². The van der Waals surface area contributed by atoms with Crippen LogP contribution in [0.15, 0.2) is 0 Å². The van der Waals surface area contributed by atoms with Gasteiger partial charge in [-0.15, -0.1) is 0 Å². The number of esters is 1. The van der Waals surface area contributed by atoms with Crippen LogP contribution in [-0.2, 0) is 14.3 Å². The van der Waals surface area contributed by atoms with E-state index >= 15 is 0 Å². The van der Waals surface area contributed by atoms with Crippen molar-refractivity contribution in [1.82, 2.24) is 5.32 Å². The van der Waals surface area contributed by atoms with Crippen LogP contribution in [0.4, 0.5) is 4.79 Å². The van der Waals surface area contributed by atoms with Gasteiger partial charge in [-0.3, -0.25) is 0 Å². The quantitative estimate of drug-likeness (QED) is 0.241. The maximum absolute atomic E-state index is 12.3. The summed E-state index contributed by atoms with van der Waals surface area (Å²) in [5.74, 6) is -0.347. The van der Waals surface area contributed by atoms with Crippen molar-refractivity contribution < 1.29 is 19.1 Å². The van der Waals surface area contributed by atoms with Gasteiger partial charge in [0.25, 0.3) is 0 Å². The van der Waals surface area contributed by atoms with E-state index in [4.69, 9.17) is 9.47 Å². The molecule has 0 fully saturated rings. The van der Waals surface area contributed by atoms with E-state index in [9.17, 15) is 9.59 Å². The maximum Gasteiger partial charge on any atom is 0.407 e. The first-order valence-corrected chi connectivity index (χ1v) is 11.4. The Kier molecular flexibility index (Phi) is 15.9. The number of carbonyl (C=O) groups is 2. The monoisotopic (exact) mass is 399 g/mol. The molecule has 0 saturated carbocycles. The third kappa shape index (κ3) is 16.9. The van der Waals surface area contributed by atoms with E-state index < -0.39 is 12.1 Å². The normalized spacial score (nSPS) is 12.5. The minimum Gasteiger partial charge on any atom is -0.464 e. The number of rotatable bonds is 16. The van der Waals surface area contributed by atoms with Crippen molar-refractivity contribution in [2.75, 3.05) is 13.2 Å². The van der Waals surface area contributed by atoms with Crippen molar-refractivity contribution in [1.29, 1.82) is 0 Å². The van der Waals surface area contributed by atoms with Crippen LogP contribution in [-0.4, -0.2) is 31.3 Å². The van der Waals surface area contributed by atoms with Gasteiger partial charge in [0.1, 0.15) is 6.04 Å². The minimum absolute atomic E-state index is 0.104. The zero-order valence-corrected chi connectivity index (χ0v) is 19.1. The average Bonchev–Trinajstić information content (AvgIpc) is 2.64. The summed E-state index contributed by atoms with van der Waals surface area (Å²) < 4.78 is 10.6. The summed E-state index contributed by atoms with van der Waals surface area (Å²) in [6.45, 7) is 11.0. The van der Waals surface area contributed by atoms with Crippen LogP contribution >= 0.6 is 0 Å². The molecule has 0 heterocycles. The van der Waals surface area contributed by atoms with E-state index in [-0.39, 0.29) is 11.4 Å². The van der Waals surface area contributed by atoms with Crippen LogP contribution in [0, 0.1) is 5.41 Å². The molecule has 1 N–H and O–H groups in total. The number of hydrogen-bond acceptors (Lipinski definition) is 4. The number of carbonyl (C=O) groups excluding carboxylic acids is 2. The fraction of sp³-hybridized carbons (Fsp3) is 0.913. The lowest BCUT2D eigenvalue weighted by Gasteiger charge is -2.21. The van der Waals surface area contributed by atoms with Gasteiger partial charge in [0.05, 0.1) is 13.2 Å². The third-order valence-electron chi connectivity index (χ3n) is 4.55. The summed E-state index contributed by atoms with van der Waals surface area (Å²) >= 11 is 0. The first kappa shape index (κ1) is 26.7. The molecule has 0 aliphatic heterocycles. The highest BCUT2D eigenvalue weighted by Gasteiger charge is 2.23. The second kappa shape index (κ2) is 16.7. The maximum atomic E-state index is 12.3. The Bertz CT molecular complexity index is 404. The molecular weight excluding hydrogens is 354 g/mol. The number of hydrogen-bond donors (Lipinski definition) is 1. The van der Waals surface area contributed by atoms with Gasteiger partial charge in [-0.2, -0.15) is 0 Å². The zero-order chi connectivity index (χ0) is 21.3. The van der Waals surface area contributed by atoms with Gasteiger partial charge in [-0.05, 0) is 18.3 Å². The van der Waals surface area contributed by atoms with Gasteiger partial charge in [-0.1, -0.05) is 98.8 Å². The predicted molar refractivity (Wildman–Crippen MR) is 115 cm³/mol. The highest BCUT2D eigenvalue weighted by Crippen LogP contribution is 2.13. The SMILES string of the molecule is CCCCCCCCCCCOC(=O)C(CCCC)NC(=O)OCC(C)(C)C. The average molecular weight is 400 g/mol. The van der Waals surface area contributed by atoms with Crippen molar-refractivity contribution in [2.24, 2.45) is 5.41 Å². The van der Waals surface area contributed by atoms with E-state index in [2.05, 4.69) is 19.2 Å². The fourth-order valence-electron chi connectivity index (χ4n) is 2.81. The number of alkyl carbamates (subject to hydrolysis) is 1. The molecular formula is C23H45NO4. The van der Waals surface area contributed by atoms with Crippen LogP contribution < -0.4 is 5.32 Å². The Hall–Kier alpha value is -1.26. The topological polar surface area (TPSA) is 64.6 Å². The molecule has 28 heavy (non-hydrogen) atoms. The summed E-state index contributed by atoms with van der Waals surface area (Å²) in [5, 5.41) is 2.67. The second-order valence-electron chi connectivity index (χ2n) is 8.97. The number of unbranched alkanes of at least 4 members (excludes halogenated alkanes) is 9. The Balaban J connectivity index is 4.01. The summed E-state index contributed by atoms with van der Waals surface area (Å²) in [6.07, 6.45) is 12.9. The molecule has 0 rings (SSSR count). The summed E-state index contributed by atoms with van der Waals surface area (Å²) in [5.41, 5.74) is -0.104. The van der Waals surface area contributed by atoms with Crippen molar-refractivity contribution in [3.05, 3.63) is 0 Å². The molecule has 1 atom stereocenters. The molecule has 1 amide bonds. The van der Waals surface area contributed by atoms with Crippen LogP contribution in [0.25, 0.3) is 0 Å². The molecule has 0 saturated heterocycles. The Morgan fingerprint density at radius 2 is 1.32 bits per heavy atom. The van der Waals surface area contributed by atoms with Crippen LogP contribution in [0.2, 0.25) is 0 Å². The zero-order valence-electron chi connectivity index (χ0n) is 19.1. The van der Waals surface area contributed by atoms with Crippen molar-refractivity contribution >= 4 is 12.1 Å². The molecule has 0 aromatic heterocycles. The Labute approximate surface area is 173 Å². The minimum atomic E-state index is -0.619. The molecule has 0 spiro atoms. The molecule has 0 aromatic rings. The smallest absolute Gasteiger partial charge is 0.407 e. The standard InChI is InChI=1S/C23H45NO4/c1-6-8-10-11-12-13-14-15-16-18-27-21(25)20(17-9-7-2)24-22(26)28-19-23(3,4)5/h20H,6-19H2,1-5H3,(H,24,26). The highest BCUT2D eigenvalue weighted by atomic mass is 16.6. The molecule has 0 aliphatic carbocycles. The van der Waals surface area contributed by atoms with Crippen molar-refractivity contribution in [2.45, 2.75) is 118 Å². The second-order valence-corrected chi connectivity index (χ2v) is 8.97. The van der Waals surface area contributed by atoms with Gasteiger partial charge in [0.2, 0.25) is 0 Å². The highest BCUT2D eigenvalue weighted by molar-refractivity contribution is 5.81. The van der Waals surface area contributed by atoms with Gasteiger partial charge in [0, 0.05) is 0 Å². The van der Waals surface area contributed by atoms with Crippen LogP contribution in [0.3, 0.4) is 0 Å². The van der Waals surface area contributed by atoms with E-state index in [1.807, 2.05) is 20.8 Å². The molecule has 1 unspecified atom stereocenters. The fourth-order valence-corrected chi connectivity index (χ4v) is 2.81. The largest absolute Gasteiger partial charge is 0.464 e. The van der Waals surface area contributed by atoms with Gasteiger partial charge in [-0.25, -0.2) is 9.59 Å². The molecule has 0 aromatic carbocycles. The van der Waals surface area contributed by atoms with Gasteiger partial charge >= 0.3 is 12.1 Å². The molecule has 0 aliphatic rings. The number of ether oxygens (including phenoxy) is 2. The van der Waals surface area contributed by atoms with Crippen LogP contribution in [0.1, 0.15) is 112 Å². The summed E-state index contributed by atoms with van der Waals surface area (Å²) in [4.78, 5) is 24.3. The van der Waals surface area contributed by atoms with Gasteiger partial charge in [0.15, 0.2) is 0 Å². The Morgan fingerprint density at radius 1 is 0.786 bits per heavy atom. The summed E-state index contributed by atoms with van der Waals surface area (Å²) in [7, 11) is 0. The van der Waals surface area contributed by atoms with E-state index in [0.29, 0.717) is 19.6 Å². The molecule has 0 bridgehead atoms. The number of nitrogens with one attached hydrogen (secondary N) is 1. The summed E-state index contributed by atoms with van der Waals surface area (Å²) in [6, 6.07) is -0.619. The van der Waals surface area contributed by atoms with Crippen molar-refractivity contribution in [3.63, 3.8) is 0 Å². The first-order chi connectivity index (χ1) is 13.3. The first-order valence-electron chi connectivity index (χ1n) is 11.4. The van der Waals surface area contributed by atoms with Crippen molar-refractivity contribution in [3.8, 4) is 0 Å². The Morgan fingerprint density at radius 3 is 1.86 bits per heavy atom. The lowest BCUT2D eigenvalue weighted by atomic mass is 9.99. The lowest BCUT2D eigenvalue weighted by Crippen LogP contribution is -2.42. The van der Waals surface area contributed by atoms with Crippen LogP contribution in [0.5, 0.6) is 0 Å². The lowest BCUT2D eigenvalue weighted by molar-refractivity contribution is -0.146. The molecule has 0 radical (unpaired) electrons. The van der Waals surface area contributed by atoms with E-state index in [0.717, 1.165) is 25.7 Å². The predicted octanol–water partition coefficient (Wildman–Crippen LogP) is 6.39. The molecule has 5 heteroatoms. The third-order valence-corrected chi connectivity index (χ3v) is 4.55.